The number of carbonyl (C=O) groups excluding carboxylic acids is 2. The van der Waals surface area contributed by atoms with Gasteiger partial charge in [0.05, 0.1) is 13.0 Å². The average molecular weight is 312 g/mol. The summed E-state index contributed by atoms with van der Waals surface area (Å²) in [6, 6.07) is 0. The highest BCUT2D eigenvalue weighted by Crippen LogP contribution is 2.57. The first-order valence-electron chi connectivity index (χ1n) is 7.15. The molecule has 1 saturated carbocycles. The van der Waals surface area contributed by atoms with Crippen molar-refractivity contribution in [2.45, 2.75) is 23.9 Å². The lowest BCUT2D eigenvalue weighted by Gasteiger charge is -2.56. The van der Waals surface area contributed by atoms with Gasteiger partial charge in [0.1, 0.15) is 6.10 Å². The molecule has 4 aliphatic rings. The maximum atomic E-state index is 13.1. The second-order valence-corrected chi connectivity index (χ2v) is 5.71. The van der Waals surface area contributed by atoms with E-state index in [9.17, 15) is 9.59 Å². The molecule has 0 spiro atoms. The van der Waals surface area contributed by atoms with Gasteiger partial charge in [-0.1, -0.05) is 0 Å². The highest BCUT2D eigenvalue weighted by atomic mass is 16.7. The first-order valence-corrected chi connectivity index (χ1v) is 7.15. The fraction of sp³-hybridized carbons (Fsp3) is 0.733. The molecule has 4 rings (SSSR count). The summed E-state index contributed by atoms with van der Waals surface area (Å²) < 4.78 is 27.1. The Balaban J connectivity index is 2.25. The number of ether oxygens (including phenoxy) is 5. The highest BCUT2D eigenvalue weighted by molar-refractivity contribution is 6.04. The Kier molecular flexibility index (Phi) is 3.64. The first-order chi connectivity index (χ1) is 10.5. The van der Waals surface area contributed by atoms with Gasteiger partial charge < -0.3 is 23.7 Å². The molecular formula is C15H20O7. The molecular weight excluding hydrogens is 292 g/mol. The SMILES string of the molecule is COC(=O)C1=C[C@]2(OC)C(=O)C(OC)(OC)[C@H]1[C@@H]1CCO[C@@H]12. The number of hydrogen-bond acceptors (Lipinski definition) is 7. The molecule has 1 aliphatic heterocycles. The van der Waals surface area contributed by atoms with E-state index in [1.165, 1.54) is 34.5 Å². The van der Waals surface area contributed by atoms with Crippen molar-refractivity contribution in [2.75, 3.05) is 35.0 Å². The number of hydrogen-bond donors (Lipinski definition) is 0. The van der Waals surface area contributed by atoms with Crippen molar-refractivity contribution < 1.29 is 33.3 Å². The molecule has 22 heavy (non-hydrogen) atoms. The van der Waals surface area contributed by atoms with E-state index < -0.39 is 29.4 Å². The number of rotatable bonds is 4. The summed E-state index contributed by atoms with van der Waals surface area (Å²) in [6.45, 7) is 0.496. The van der Waals surface area contributed by atoms with E-state index in [4.69, 9.17) is 23.7 Å². The lowest BCUT2D eigenvalue weighted by molar-refractivity contribution is -0.273. The monoisotopic (exact) mass is 312 g/mol. The van der Waals surface area contributed by atoms with Crippen molar-refractivity contribution >= 4 is 11.8 Å². The fourth-order valence-corrected chi connectivity index (χ4v) is 4.21. The molecule has 0 radical (unpaired) electrons. The summed E-state index contributed by atoms with van der Waals surface area (Å²) >= 11 is 0. The third-order valence-electron chi connectivity index (χ3n) is 5.14. The van der Waals surface area contributed by atoms with Gasteiger partial charge in [-0.15, -0.1) is 0 Å². The maximum absolute atomic E-state index is 13.1. The zero-order chi connectivity index (χ0) is 16.1. The van der Waals surface area contributed by atoms with Crippen molar-refractivity contribution in [1.82, 2.24) is 0 Å². The summed E-state index contributed by atoms with van der Waals surface area (Å²) in [4.78, 5) is 25.3. The van der Waals surface area contributed by atoms with Crippen molar-refractivity contribution in [3.8, 4) is 0 Å². The normalized spacial score (nSPS) is 38.6. The van der Waals surface area contributed by atoms with Crippen LogP contribution in [0.3, 0.4) is 0 Å². The van der Waals surface area contributed by atoms with E-state index in [-0.39, 0.29) is 11.7 Å². The molecule has 3 aliphatic carbocycles. The molecule has 2 bridgehead atoms. The van der Waals surface area contributed by atoms with Crippen molar-refractivity contribution in [1.29, 1.82) is 0 Å². The van der Waals surface area contributed by atoms with E-state index in [1.807, 2.05) is 0 Å². The van der Waals surface area contributed by atoms with Crippen LogP contribution in [-0.2, 0) is 33.3 Å². The summed E-state index contributed by atoms with van der Waals surface area (Å²) in [5, 5.41) is 0. The summed E-state index contributed by atoms with van der Waals surface area (Å²) in [5.41, 5.74) is -1.05. The van der Waals surface area contributed by atoms with E-state index in [1.54, 1.807) is 0 Å². The molecule has 1 heterocycles. The average Bonchev–Trinajstić information content (AvgIpc) is 3.05. The van der Waals surface area contributed by atoms with Crippen LogP contribution in [0.1, 0.15) is 6.42 Å². The summed E-state index contributed by atoms with van der Waals surface area (Å²) in [5.74, 6) is -3.15. The molecule has 0 aromatic heterocycles. The molecule has 0 unspecified atom stereocenters. The number of ketones is 1. The molecule has 0 aromatic carbocycles. The van der Waals surface area contributed by atoms with Crippen molar-refractivity contribution in [2.24, 2.45) is 11.8 Å². The van der Waals surface area contributed by atoms with Gasteiger partial charge in [0, 0.05) is 39.4 Å². The molecule has 7 heteroatoms. The molecule has 0 N–H and O–H groups in total. The van der Waals surface area contributed by atoms with Gasteiger partial charge in [0.15, 0.2) is 5.60 Å². The molecule has 0 amide bonds. The Bertz CT molecular complexity index is 536. The molecule has 0 aromatic rings. The maximum Gasteiger partial charge on any atom is 0.334 e. The second-order valence-electron chi connectivity index (χ2n) is 5.71. The standard InChI is InChI=1S/C15H20O7/c1-18-12(16)9-7-14(19-2)11-8(5-6-22-11)10(9)15(20-3,21-4)13(14)17/h7-8,10-11H,5-6H2,1-4H3/t8-,10-,11-,14+/m0/s1. The lowest BCUT2D eigenvalue weighted by atomic mass is 9.57. The van der Waals surface area contributed by atoms with Gasteiger partial charge in [-0.05, 0) is 12.5 Å². The van der Waals surface area contributed by atoms with Crippen LogP contribution < -0.4 is 0 Å². The van der Waals surface area contributed by atoms with Crippen LogP contribution in [0.5, 0.6) is 0 Å². The van der Waals surface area contributed by atoms with Crippen LogP contribution in [0.4, 0.5) is 0 Å². The molecule has 122 valence electrons. The smallest absolute Gasteiger partial charge is 0.334 e. The van der Waals surface area contributed by atoms with E-state index in [0.29, 0.717) is 18.6 Å². The number of Topliss-reactive ketones (excluding diaryl/α,β-unsaturated/α-hetero) is 1. The zero-order valence-corrected chi connectivity index (χ0v) is 13.1. The zero-order valence-electron chi connectivity index (χ0n) is 13.1. The number of esters is 1. The van der Waals surface area contributed by atoms with Crippen LogP contribution in [0.2, 0.25) is 0 Å². The first kappa shape index (κ1) is 15.6. The molecule has 4 atom stereocenters. The fourth-order valence-electron chi connectivity index (χ4n) is 4.21. The predicted molar refractivity (Wildman–Crippen MR) is 72.9 cm³/mol. The van der Waals surface area contributed by atoms with Crippen LogP contribution in [0.25, 0.3) is 0 Å². The predicted octanol–water partition coefficient (Wildman–Crippen LogP) is 0.0777. The van der Waals surface area contributed by atoms with Crippen LogP contribution in [0.15, 0.2) is 11.6 Å². The molecule has 7 nitrogen and oxygen atoms in total. The Hall–Kier alpha value is -1.28. The third kappa shape index (κ3) is 1.59. The second kappa shape index (κ2) is 5.13. The van der Waals surface area contributed by atoms with Gasteiger partial charge in [-0.25, -0.2) is 4.79 Å². The Morgan fingerprint density at radius 3 is 2.45 bits per heavy atom. The van der Waals surface area contributed by atoms with Gasteiger partial charge in [-0.2, -0.15) is 0 Å². The van der Waals surface area contributed by atoms with Crippen LogP contribution in [0, 0.1) is 11.8 Å². The summed E-state index contributed by atoms with van der Waals surface area (Å²) in [7, 11) is 5.51. The molecule has 1 saturated heterocycles. The minimum atomic E-state index is -1.57. The lowest BCUT2D eigenvalue weighted by Crippen LogP contribution is -2.74. The van der Waals surface area contributed by atoms with Crippen molar-refractivity contribution in [3.05, 3.63) is 11.6 Å². The van der Waals surface area contributed by atoms with Gasteiger partial charge in [-0.3, -0.25) is 4.79 Å². The largest absolute Gasteiger partial charge is 0.466 e. The van der Waals surface area contributed by atoms with Crippen LogP contribution >= 0.6 is 0 Å². The van der Waals surface area contributed by atoms with Crippen molar-refractivity contribution in [3.63, 3.8) is 0 Å². The summed E-state index contributed by atoms with van der Waals surface area (Å²) in [6.07, 6.45) is 1.77. The van der Waals surface area contributed by atoms with E-state index >= 15 is 0 Å². The highest BCUT2D eigenvalue weighted by Gasteiger charge is 2.73. The Morgan fingerprint density at radius 2 is 1.91 bits per heavy atom. The topological polar surface area (TPSA) is 80.3 Å². The van der Waals surface area contributed by atoms with Crippen LogP contribution in [-0.4, -0.2) is 64.3 Å². The Morgan fingerprint density at radius 1 is 1.23 bits per heavy atom. The third-order valence-corrected chi connectivity index (χ3v) is 5.14. The number of carbonyl (C=O) groups is 2. The minimum Gasteiger partial charge on any atom is -0.466 e. The minimum absolute atomic E-state index is 0.114. The van der Waals surface area contributed by atoms with Gasteiger partial charge >= 0.3 is 5.97 Å². The number of fused-ring (bicyclic) bond motifs is 1. The quantitative estimate of drug-likeness (QED) is 0.537. The van der Waals surface area contributed by atoms with E-state index in [0.717, 1.165) is 0 Å². The Labute approximate surface area is 128 Å². The van der Waals surface area contributed by atoms with Gasteiger partial charge in [0.2, 0.25) is 11.6 Å². The molecule has 2 fully saturated rings. The number of methoxy groups -OCH3 is 4. The van der Waals surface area contributed by atoms with Gasteiger partial charge in [0.25, 0.3) is 0 Å². The van der Waals surface area contributed by atoms with E-state index in [2.05, 4.69) is 0 Å².